The Balaban J connectivity index is 1.68. The highest BCUT2D eigenvalue weighted by atomic mass is 16.6. The van der Waals surface area contributed by atoms with E-state index in [0.29, 0.717) is 12.5 Å². The van der Waals surface area contributed by atoms with E-state index in [9.17, 15) is 9.90 Å². The molecule has 1 fully saturated rings. The van der Waals surface area contributed by atoms with Crippen LogP contribution in [0.5, 0.6) is 0 Å². The van der Waals surface area contributed by atoms with Crippen molar-refractivity contribution in [2.45, 2.75) is 45.3 Å². The quantitative estimate of drug-likeness (QED) is 0.906. The van der Waals surface area contributed by atoms with Gasteiger partial charge in [0.05, 0.1) is 6.10 Å². The van der Waals surface area contributed by atoms with E-state index in [-0.39, 0.29) is 12.2 Å². The van der Waals surface area contributed by atoms with Gasteiger partial charge in [-0.2, -0.15) is 0 Å². The third-order valence-corrected chi connectivity index (χ3v) is 4.07. The molecule has 1 aliphatic heterocycles. The average Bonchev–Trinajstić information content (AvgIpc) is 2.52. The highest BCUT2D eigenvalue weighted by Gasteiger charge is 2.23. The van der Waals surface area contributed by atoms with Crippen molar-refractivity contribution in [1.29, 1.82) is 0 Å². The van der Waals surface area contributed by atoms with Gasteiger partial charge in [-0.05, 0) is 44.1 Å². The molecule has 1 N–H and O–H groups in total. The number of piperidine rings is 1. The summed E-state index contributed by atoms with van der Waals surface area (Å²) < 4.78 is 5.35. The third-order valence-electron chi connectivity index (χ3n) is 4.07. The summed E-state index contributed by atoms with van der Waals surface area (Å²) in [6.45, 7) is 3.69. The van der Waals surface area contributed by atoms with E-state index in [1.54, 1.807) is 4.90 Å². The predicted octanol–water partition coefficient (Wildman–Crippen LogP) is 3.20. The maximum absolute atomic E-state index is 12.0. The van der Waals surface area contributed by atoms with Gasteiger partial charge >= 0.3 is 6.09 Å². The lowest BCUT2D eigenvalue weighted by atomic mass is 9.91. The van der Waals surface area contributed by atoms with E-state index in [0.717, 1.165) is 44.3 Å². The molecule has 1 aromatic carbocycles. The largest absolute Gasteiger partial charge is 0.445 e. The number of ether oxygens (including phenoxy) is 1. The number of carbonyl (C=O) groups is 1. The summed E-state index contributed by atoms with van der Waals surface area (Å²) >= 11 is 0. The monoisotopic (exact) mass is 291 g/mol. The summed E-state index contributed by atoms with van der Waals surface area (Å²) in [5, 5.41) is 9.32. The van der Waals surface area contributed by atoms with E-state index in [1.807, 2.05) is 37.3 Å². The van der Waals surface area contributed by atoms with Crippen molar-refractivity contribution in [2.75, 3.05) is 13.1 Å². The summed E-state index contributed by atoms with van der Waals surface area (Å²) in [6.07, 6.45) is 3.47. The fourth-order valence-corrected chi connectivity index (χ4v) is 2.69. The Kier molecular flexibility index (Phi) is 6.05. The van der Waals surface area contributed by atoms with Crippen LogP contribution in [-0.4, -0.2) is 35.3 Å². The van der Waals surface area contributed by atoms with Crippen LogP contribution in [0.1, 0.15) is 38.2 Å². The summed E-state index contributed by atoms with van der Waals surface area (Å²) in [7, 11) is 0. The normalized spacial score (nSPS) is 17.5. The van der Waals surface area contributed by atoms with Crippen LogP contribution in [-0.2, 0) is 11.3 Å². The molecular formula is C17H25NO3. The van der Waals surface area contributed by atoms with Gasteiger partial charge < -0.3 is 14.7 Å². The number of aliphatic hydroxyl groups is 1. The molecule has 1 aliphatic rings. The maximum atomic E-state index is 12.0. The molecule has 1 amide bonds. The van der Waals surface area contributed by atoms with Gasteiger partial charge in [0.15, 0.2) is 0 Å². The van der Waals surface area contributed by atoms with Crippen LogP contribution in [0.4, 0.5) is 4.79 Å². The van der Waals surface area contributed by atoms with Crippen LogP contribution in [0.15, 0.2) is 30.3 Å². The van der Waals surface area contributed by atoms with Gasteiger partial charge in [-0.15, -0.1) is 0 Å². The van der Waals surface area contributed by atoms with Crippen LogP contribution in [0.25, 0.3) is 0 Å². The Morgan fingerprint density at radius 3 is 2.62 bits per heavy atom. The first-order chi connectivity index (χ1) is 10.1. The molecule has 4 nitrogen and oxygen atoms in total. The molecule has 116 valence electrons. The van der Waals surface area contributed by atoms with Crippen LogP contribution < -0.4 is 0 Å². The minimum absolute atomic E-state index is 0.215. The summed E-state index contributed by atoms with van der Waals surface area (Å²) in [5.41, 5.74) is 1.01. The molecule has 1 aromatic rings. The van der Waals surface area contributed by atoms with Gasteiger partial charge in [0.2, 0.25) is 0 Å². The Morgan fingerprint density at radius 2 is 2.00 bits per heavy atom. The van der Waals surface area contributed by atoms with Crippen LogP contribution >= 0.6 is 0 Å². The molecule has 1 unspecified atom stereocenters. The summed E-state index contributed by atoms with van der Waals surface area (Å²) in [5.74, 6) is 0.623. The van der Waals surface area contributed by atoms with Crippen molar-refractivity contribution < 1.29 is 14.6 Å². The van der Waals surface area contributed by atoms with E-state index >= 15 is 0 Å². The van der Waals surface area contributed by atoms with E-state index in [1.165, 1.54) is 0 Å². The van der Waals surface area contributed by atoms with Crippen molar-refractivity contribution in [2.24, 2.45) is 5.92 Å². The Morgan fingerprint density at radius 1 is 1.33 bits per heavy atom. The lowest BCUT2D eigenvalue weighted by Gasteiger charge is -2.31. The molecule has 0 bridgehead atoms. The summed E-state index contributed by atoms with van der Waals surface area (Å²) in [4.78, 5) is 13.8. The molecular weight excluding hydrogens is 266 g/mol. The Bertz CT molecular complexity index is 425. The van der Waals surface area contributed by atoms with Crippen molar-refractivity contribution in [3.8, 4) is 0 Å². The smallest absolute Gasteiger partial charge is 0.410 e. The molecule has 0 saturated carbocycles. The zero-order chi connectivity index (χ0) is 15.1. The van der Waals surface area contributed by atoms with E-state index < -0.39 is 0 Å². The van der Waals surface area contributed by atoms with Crippen molar-refractivity contribution in [1.82, 2.24) is 4.90 Å². The number of carbonyl (C=O) groups excluding carboxylic acids is 1. The first kappa shape index (κ1) is 15.8. The lowest BCUT2D eigenvalue weighted by Crippen LogP contribution is -2.38. The molecule has 0 radical (unpaired) electrons. The zero-order valence-corrected chi connectivity index (χ0v) is 12.7. The van der Waals surface area contributed by atoms with Gasteiger partial charge in [-0.1, -0.05) is 30.3 Å². The minimum Gasteiger partial charge on any atom is -0.445 e. The molecule has 21 heavy (non-hydrogen) atoms. The molecule has 2 rings (SSSR count). The number of benzene rings is 1. The number of hydrogen-bond acceptors (Lipinski definition) is 3. The average molecular weight is 291 g/mol. The van der Waals surface area contributed by atoms with Crippen LogP contribution in [0, 0.1) is 5.92 Å². The van der Waals surface area contributed by atoms with Crippen molar-refractivity contribution >= 4 is 6.09 Å². The van der Waals surface area contributed by atoms with Gasteiger partial charge in [-0.3, -0.25) is 0 Å². The van der Waals surface area contributed by atoms with Gasteiger partial charge in [0.1, 0.15) is 6.61 Å². The topological polar surface area (TPSA) is 49.8 Å². The number of aliphatic hydroxyl groups excluding tert-OH is 1. The second-order valence-corrected chi connectivity index (χ2v) is 5.90. The Labute approximate surface area is 126 Å². The van der Waals surface area contributed by atoms with Crippen LogP contribution in [0.3, 0.4) is 0 Å². The molecule has 1 saturated heterocycles. The van der Waals surface area contributed by atoms with Crippen molar-refractivity contribution in [3.05, 3.63) is 35.9 Å². The first-order valence-corrected chi connectivity index (χ1v) is 7.79. The molecule has 0 spiro atoms. The maximum Gasteiger partial charge on any atom is 0.410 e. The first-order valence-electron chi connectivity index (χ1n) is 7.79. The number of likely N-dealkylation sites (tertiary alicyclic amines) is 1. The lowest BCUT2D eigenvalue weighted by molar-refractivity contribution is 0.0791. The number of nitrogens with zero attached hydrogens (tertiary/aromatic N) is 1. The predicted molar refractivity (Wildman–Crippen MR) is 81.8 cm³/mol. The van der Waals surface area contributed by atoms with E-state index in [2.05, 4.69) is 0 Å². The number of hydrogen-bond donors (Lipinski definition) is 1. The fraction of sp³-hybridized carbons (Fsp3) is 0.588. The highest BCUT2D eigenvalue weighted by Crippen LogP contribution is 2.23. The second-order valence-electron chi connectivity index (χ2n) is 5.90. The highest BCUT2D eigenvalue weighted by molar-refractivity contribution is 5.67. The van der Waals surface area contributed by atoms with Gasteiger partial charge in [0.25, 0.3) is 0 Å². The molecule has 0 aliphatic carbocycles. The minimum atomic E-state index is -0.223. The number of rotatable bonds is 5. The number of amides is 1. The Hall–Kier alpha value is -1.55. The molecule has 0 aromatic heterocycles. The van der Waals surface area contributed by atoms with Gasteiger partial charge in [0, 0.05) is 13.1 Å². The standard InChI is InChI=1S/C17H25NO3/c1-14(19)7-8-15-9-11-18(12-10-15)17(20)21-13-16-5-3-2-4-6-16/h2-6,14-15,19H,7-13H2,1H3. The van der Waals surface area contributed by atoms with Gasteiger partial charge in [-0.25, -0.2) is 4.79 Å². The second kappa shape index (κ2) is 8.03. The summed E-state index contributed by atoms with van der Waals surface area (Å²) in [6, 6.07) is 9.74. The zero-order valence-electron chi connectivity index (χ0n) is 12.7. The molecule has 4 heteroatoms. The van der Waals surface area contributed by atoms with Crippen LogP contribution in [0.2, 0.25) is 0 Å². The SMILES string of the molecule is CC(O)CCC1CCN(C(=O)OCc2ccccc2)CC1. The van der Waals surface area contributed by atoms with Crippen molar-refractivity contribution in [3.63, 3.8) is 0 Å². The fourth-order valence-electron chi connectivity index (χ4n) is 2.69. The van der Waals surface area contributed by atoms with E-state index in [4.69, 9.17) is 4.74 Å². The molecule has 1 heterocycles. The third kappa shape index (κ3) is 5.38. The molecule has 1 atom stereocenters.